The van der Waals surface area contributed by atoms with Crippen molar-refractivity contribution in [3.63, 3.8) is 0 Å². The molecule has 162 valence electrons. The second-order valence-electron chi connectivity index (χ2n) is 7.92. The van der Waals surface area contributed by atoms with Crippen LogP contribution in [0.5, 0.6) is 0 Å². The molecule has 1 aromatic carbocycles. The SMILES string of the molecule is Cc1cc(CC(=O)N2CCCC2C(=O)NCc2ccc(-c3sc(C)nc3C)cc2)on1. The number of aryl methyl sites for hydroxylation is 3. The molecule has 0 radical (unpaired) electrons. The maximum absolute atomic E-state index is 12.8. The molecule has 7 nitrogen and oxygen atoms in total. The zero-order valence-corrected chi connectivity index (χ0v) is 18.8. The fourth-order valence-corrected chi connectivity index (χ4v) is 4.89. The van der Waals surface area contributed by atoms with E-state index in [0.29, 0.717) is 25.3 Å². The number of hydrogen-bond donors (Lipinski definition) is 1. The highest BCUT2D eigenvalue weighted by atomic mass is 32.1. The third-order valence-electron chi connectivity index (χ3n) is 5.46. The minimum atomic E-state index is -0.432. The summed E-state index contributed by atoms with van der Waals surface area (Å²) >= 11 is 1.68. The molecule has 0 aliphatic carbocycles. The second-order valence-corrected chi connectivity index (χ2v) is 9.12. The summed E-state index contributed by atoms with van der Waals surface area (Å²) in [5.74, 6) is 0.311. The summed E-state index contributed by atoms with van der Waals surface area (Å²) in [6.07, 6.45) is 1.63. The number of carbonyl (C=O) groups is 2. The van der Waals surface area contributed by atoms with E-state index in [-0.39, 0.29) is 18.2 Å². The van der Waals surface area contributed by atoms with E-state index in [4.69, 9.17) is 4.52 Å². The Bertz CT molecular complexity index is 1090. The molecule has 3 heterocycles. The van der Waals surface area contributed by atoms with E-state index in [1.54, 1.807) is 22.3 Å². The molecule has 1 atom stereocenters. The average Bonchev–Trinajstić information content (AvgIpc) is 3.47. The smallest absolute Gasteiger partial charge is 0.243 e. The standard InChI is InChI=1S/C23H26N4O3S/c1-14-11-19(30-26-14)12-21(28)27-10-4-5-20(27)23(29)24-13-17-6-8-18(9-7-17)22-15(2)25-16(3)31-22/h6-9,11,20H,4-5,10,12-13H2,1-3H3,(H,24,29). The van der Waals surface area contributed by atoms with Gasteiger partial charge >= 0.3 is 0 Å². The average molecular weight is 439 g/mol. The lowest BCUT2D eigenvalue weighted by Gasteiger charge is -2.23. The van der Waals surface area contributed by atoms with Gasteiger partial charge in [0.25, 0.3) is 0 Å². The maximum Gasteiger partial charge on any atom is 0.243 e. The van der Waals surface area contributed by atoms with Crippen molar-refractivity contribution in [3.8, 4) is 10.4 Å². The molecule has 1 unspecified atom stereocenters. The van der Waals surface area contributed by atoms with Crippen LogP contribution in [0.4, 0.5) is 0 Å². The molecule has 1 saturated heterocycles. The monoisotopic (exact) mass is 438 g/mol. The van der Waals surface area contributed by atoms with Crippen molar-refractivity contribution in [3.05, 3.63) is 58.1 Å². The van der Waals surface area contributed by atoms with Gasteiger partial charge in [-0.05, 0) is 44.7 Å². The van der Waals surface area contributed by atoms with E-state index in [1.807, 2.05) is 32.9 Å². The summed E-state index contributed by atoms with van der Waals surface area (Å²) < 4.78 is 5.14. The zero-order valence-electron chi connectivity index (χ0n) is 18.0. The van der Waals surface area contributed by atoms with Crippen molar-refractivity contribution in [2.24, 2.45) is 0 Å². The van der Waals surface area contributed by atoms with Gasteiger partial charge in [-0.15, -0.1) is 11.3 Å². The first-order valence-corrected chi connectivity index (χ1v) is 11.2. The predicted octanol–water partition coefficient (Wildman–Crippen LogP) is 3.57. The van der Waals surface area contributed by atoms with Crippen LogP contribution in [0.3, 0.4) is 0 Å². The van der Waals surface area contributed by atoms with Crippen LogP contribution in [-0.2, 0) is 22.6 Å². The van der Waals surface area contributed by atoms with Crippen molar-refractivity contribution in [1.82, 2.24) is 20.4 Å². The molecule has 2 aromatic heterocycles. The van der Waals surface area contributed by atoms with Crippen LogP contribution in [0.15, 0.2) is 34.9 Å². The molecule has 1 aliphatic rings. The van der Waals surface area contributed by atoms with Crippen LogP contribution in [-0.4, -0.2) is 39.4 Å². The van der Waals surface area contributed by atoms with E-state index < -0.39 is 6.04 Å². The Morgan fingerprint density at radius 3 is 2.65 bits per heavy atom. The van der Waals surface area contributed by atoms with E-state index in [1.165, 1.54) is 4.88 Å². The fraction of sp³-hybridized carbons (Fsp3) is 0.391. The predicted molar refractivity (Wildman–Crippen MR) is 119 cm³/mol. The lowest BCUT2D eigenvalue weighted by Crippen LogP contribution is -2.46. The summed E-state index contributed by atoms with van der Waals surface area (Å²) in [5.41, 5.74) is 3.93. The van der Waals surface area contributed by atoms with Crippen LogP contribution in [0.25, 0.3) is 10.4 Å². The normalized spacial score (nSPS) is 16.0. The van der Waals surface area contributed by atoms with E-state index in [0.717, 1.165) is 33.9 Å². The molecule has 31 heavy (non-hydrogen) atoms. The van der Waals surface area contributed by atoms with Crippen molar-refractivity contribution < 1.29 is 14.1 Å². The van der Waals surface area contributed by atoms with Gasteiger partial charge in [0, 0.05) is 19.2 Å². The number of benzene rings is 1. The highest BCUT2D eigenvalue weighted by Crippen LogP contribution is 2.29. The van der Waals surface area contributed by atoms with Crippen LogP contribution < -0.4 is 5.32 Å². The first-order valence-electron chi connectivity index (χ1n) is 10.4. The van der Waals surface area contributed by atoms with Gasteiger partial charge in [0.1, 0.15) is 11.8 Å². The molecule has 1 fully saturated rings. The molecule has 1 N–H and O–H groups in total. The summed E-state index contributed by atoms with van der Waals surface area (Å²) in [6, 6.07) is 9.49. The zero-order chi connectivity index (χ0) is 22.0. The third-order valence-corrected chi connectivity index (χ3v) is 6.59. The van der Waals surface area contributed by atoms with Crippen molar-refractivity contribution in [2.45, 2.75) is 52.6 Å². The number of hydrogen-bond acceptors (Lipinski definition) is 6. The molecule has 3 aromatic rings. The second kappa shape index (κ2) is 9.01. The fourth-order valence-electron chi connectivity index (χ4n) is 3.97. The Kier molecular flexibility index (Phi) is 6.18. The highest BCUT2D eigenvalue weighted by Gasteiger charge is 2.34. The summed E-state index contributed by atoms with van der Waals surface area (Å²) in [5, 5.41) is 7.86. The number of amides is 2. The quantitative estimate of drug-likeness (QED) is 0.636. The molecule has 0 bridgehead atoms. The van der Waals surface area contributed by atoms with Gasteiger partial charge in [-0.2, -0.15) is 0 Å². The van der Waals surface area contributed by atoms with Crippen molar-refractivity contribution in [1.29, 1.82) is 0 Å². The number of nitrogens with one attached hydrogen (secondary N) is 1. The Balaban J connectivity index is 1.34. The van der Waals surface area contributed by atoms with Gasteiger partial charge in [0.05, 0.1) is 27.7 Å². The van der Waals surface area contributed by atoms with Crippen LogP contribution in [0.1, 0.15) is 40.6 Å². The lowest BCUT2D eigenvalue weighted by molar-refractivity contribution is -0.138. The third kappa shape index (κ3) is 4.85. The van der Waals surface area contributed by atoms with Gasteiger partial charge in [-0.25, -0.2) is 4.98 Å². The minimum Gasteiger partial charge on any atom is -0.361 e. The molecular formula is C23H26N4O3S. The highest BCUT2D eigenvalue weighted by molar-refractivity contribution is 7.15. The lowest BCUT2D eigenvalue weighted by atomic mass is 10.1. The number of carbonyl (C=O) groups excluding carboxylic acids is 2. The molecule has 8 heteroatoms. The van der Waals surface area contributed by atoms with Crippen LogP contribution in [0.2, 0.25) is 0 Å². The van der Waals surface area contributed by atoms with Crippen LogP contribution >= 0.6 is 11.3 Å². The Morgan fingerprint density at radius 2 is 2.00 bits per heavy atom. The van der Waals surface area contributed by atoms with E-state index in [9.17, 15) is 9.59 Å². The Morgan fingerprint density at radius 1 is 1.23 bits per heavy atom. The molecule has 1 aliphatic heterocycles. The van der Waals surface area contributed by atoms with Gasteiger partial charge in [0.15, 0.2) is 0 Å². The van der Waals surface area contributed by atoms with Gasteiger partial charge in [-0.1, -0.05) is 29.4 Å². The molecule has 4 rings (SSSR count). The number of thiazole rings is 1. The number of nitrogens with zero attached hydrogens (tertiary/aromatic N) is 3. The van der Waals surface area contributed by atoms with Gasteiger partial charge in [-0.3, -0.25) is 9.59 Å². The minimum absolute atomic E-state index is 0.103. The van der Waals surface area contributed by atoms with Crippen LogP contribution in [0, 0.1) is 20.8 Å². The Hall–Kier alpha value is -3.00. The molecular weight excluding hydrogens is 412 g/mol. The van der Waals surface area contributed by atoms with Crippen molar-refractivity contribution >= 4 is 23.2 Å². The Labute approximate surface area is 185 Å². The molecule has 2 amide bonds. The molecule has 0 spiro atoms. The van der Waals surface area contributed by atoms with Gasteiger partial charge < -0.3 is 14.7 Å². The summed E-state index contributed by atoms with van der Waals surface area (Å²) in [6.45, 7) is 6.86. The van der Waals surface area contributed by atoms with Gasteiger partial charge in [0.2, 0.25) is 11.8 Å². The molecule has 0 saturated carbocycles. The van der Waals surface area contributed by atoms with Crippen molar-refractivity contribution in [2.75, 3.05) is 6.54 Å². The summed E-state index contributed by atoms with van der Waals surface area (Å²) in [4.78, 5) is 32.8. The largest absolute Gasteiger partial charge is 0.361 e. The summed E-state index contributed by atoms with van der Waals surface area (Å²) in [7, 11) is 0. The van der Waals surface area contributed by atoms with E-state index in [2.05, 4.69) is 27.6 Å². The number of rotatable bonds is 6. The van der Waals surface area contributed by atoms with E-state index >= 15 is 0 Å². The first-order chi connectivity index (χ1) is 14.9. The maximum atomic E-state index is 12.8. The number of likely N-dealkylation sites (tertiary alicyclic amines) is 1. The topological polar surface area (TPSA) is 88.3 Å². The number of aromatic nitrogens is 2. The first kappa shape index (κ1) is 21.2.